The number of benzene rings is 4. The minimum Gasteiger partial charge on any atom is -0.497 e. The third-order valence-corrected chi connectivity index (χ3v) is 7.35. The quantitative estimate of drug-likeness (QED) is 0.0720. The van der Waals surface area contributed by atoms with Gasteiger partial charge in [0.25, 0.3) is 0 Å². The first-order chi connectivity index (χ1) is 23.1. The van der Waals surface area contributed by atoms with Gasteiger partial charge in [0, 0.05) is 32.9 Å². The van der Waals surface area contributed by atoms with Gasteiger partial charge >= 0.3 is 11.9 Å². The number of hydrogen-bond acceptors (Lipinski definition) is 10. The van der Waals surface area contributed by atoms with E-state index in [1.54, 1.807) is 84.9 Å². The van der Waals surface area contributed by atoms with E-state index in [-0.39, 0.29) is 24.3 Å². The van der Waals surface area contributed by atoms with Crippen LogP contribution in [0, 0.1) is 0 Å². The van der Waals surface area contributed by atoms with E-state index in [1.165, 1.54) is 26.6 Å². The topological polar surface area (TPSA) is 154 Å². The van der Waals surface area contributed by atoms with Gasteiger partial charge in [0.2, 0.25) is 11.8 Å². The number of nitrogens with one attached hydrogen (secondary N) is 2. The van der Waals surface area contributed by atoms with Gasteiger partial charge in [-0.15, -0.1) is 0 Å². The molecule has 0 fully saturated rings. The van der Waals surface area contributed by atoms with Gasteiger partial charge in [-0.25, -0.2) is 20.4 Å². The van der Waals surface area contributed by atoms with Crippen LogP contribution in [-0.2, 0) is 9.59 Å². The van der Waals surface area contributed by atoms with Gasteiger partial charge in [-0.3, -0.25) is 9.59 Å². The lowest BCUT2D eigenvalue weighted by Gasteiger charge is -2.09. The molecule has 4 aromatic carbocycles. The fraction of sp³-hybridized carbons (Fsp3) is 0.118. The van der Waals surface area contributed by atoms with Crippen molar-refractivity contribution in [1.29, 1.82) is 0 Å². The number of methoxy groups -OCH3 is 2. The van der Waals surface area contributed by atoms with Gasteiger partial charge in [-0.05, 0) is 84.9 Å². The molecule has 0 radical (unpaired) electrons. The van der Waals surface area contributed by atoms with Crippen LogP contribution >= 0.6 is 31.9 Å². The van der Waals surface area contributed by atoms with Crippen molar-refractivity contribution in [2.75, 3.05) is 14.2 Å². The summed E-state index contributed by atoms with van der Waals surface area (Å²) in [7, 11) is 3.05. The predicted octanol–water partition coefficient (Wildman–Crippen LogP) is 6.05. The first kappa shape index (κ1) is 35.5. The molecule has 0 saturated heterocycles. The largest absolute Gasteiger partial charge is 0.497 e. The molecule has 0 bridgehead atoms. The lowest BCUT2D eigenvalue weighted by Crippen LogP contribution is -2.23. The average molecular weight is 780 g/mol. The molecule has 4 rings (SSSR count). The van der Waals surface area contributed by atoms with Crippen LogP contribution in [0.5, 0.6) is 23.0 Å². The molecule has 0 heterocycles. The summed E-state index contributed by atoms with van der Waals surface area (Å²) in [4.78, 5) is 49.9. The van der Waals surface area contributed by atoms with Crippen LogP contribution in [-0.4, -0.2) is 50.4 Å². The smallest absolute Gasteiger partial charge is 0.343 e. The van der Waals surface area contributed by atoms with Crippen molar-refractivity contribution in [3.05, 3.63) is 116 Å². The second-order valence-electron chi connectivity index (χ2n) is 9.69. The van der Waals surface area contributed by atoms with E-state index < -0.39 is 23.8 Å². The maximum atomic E-state index is 12.6. The van der Waals surface area contributed by atoms with Gasteiger partial charge in [0.15, 0.2) is 0 Å². The number of ether oxygens (including phenoxy) is 4. The van der Waals surface area contributed by atoms with Crippen molar-refractivity contribution >= 4 is 68.0 Å². The number of nitrogens with zero attached hydrogens (tertiary/aromatic N) is 2. The molecule has 0 spiro atoms. The van der Waals surface area contributed by atoms with Gasteiger partial charge in [-0.1, -0.05) is 31.9 Å². The maximum absolute atomic E-state index is 12.6. The maximum Gasteiger partial charge on any atom is 0.343 e. The molecule has 2 N–H and O–H groups in total. The standard InChI is InChI=1S/C34H28Br2N4O8/c1-45-27-9-3-21(4-10-27)33(43)47-29-13-7-25(35)17-23(29)19-37-39-31(41)15-16-32(42)40-38-20-24-18-26(36)8-14-30(24)48-34(44)22-5-11-28(46-2)12-6-22/h3-14,17-20H,15-16H2,1-2H3,(H,39,41)(H,40,42)/b37-19-,38-20+. The zero-order valence-electron chi connectivity index (χ0n) is 25.6. The molecule has 0 aliphatic rings. The van der Waals surface area contributed by atoms with Crippen LogP contribution in [0.3, 0.4) is 0 Å². The lowest BCUT2D eigenvalue weighted by atomic mass is 10.2. The second-order valence-corrected chi connectivity index (χ2v) is 11.5. The molecule has 14 heteroatoms. The predicted molar refractivity (Wildman–Crippen MR) is 185 cm³/mol. The van der Waals surface area contributed by atoms with Crippen LogP contribution in [0.2, 0.25) is 0 Å². The van der Waals surface area contributed by atoms with Crippen molar-refractivity contribution in [2.45, 2.75) is 12.8 Å². The highest BCUT2D eigenvalue weighted by Crippen LogP contribution is 2.25. The third-order valence-electron chi connectivity index (χ3n) is 6.37. The molecule has 12 nitrogen and oxygen atoms in total. The minimum atomic E-state index is -0.585. The Hall–Kier alpha value is -5.34. The minimum absolute atomic E-state index is 0.182. The van der Waals surface area contributed by atoms with E-state index >= 15 is 0 Å². The summed E-state index contributed by atoms with van der Waals surface area (Å²) in [5, 5.41) is 7.86. The molecule has 48 heavy (non-hydrogen) atoms. The molecule has 0 atom stereocenters. The van der Waals surface area contributed by atoms with E-state index in [9.17, 15) is 19.2 Å². The van der Waals surface area contributed by atoms with E-state index in [1.807, 2.05) is 0 Å². The summed E-state index contributed by atoms with van der Waals surface area (Å²) >= 11 is 6.73. The molecule has 2 amide bonds. The Morgan fingerprint density at radius 3 is 1.33 bits per heavy atom. The summed E-state index contributed by atoms with van der Waals surface area (Å²) in [6.07, 6.45) is 2.28. The van der Waals surface area contributed by atoms with Gasteiger partial charge in [0.1, 0.15) is 23.0 Å². The lowest BCUT2D eigenvalue weighted by molar-refractivity contribution is -0.126. The molecule has 0 aliphatic carbocycles. The molecule has 0 aliphatic heterocycles. The summed E-state index contributed by atoms with van der Waals surface area (Å²) in [5.74, 6) is -0.587. The SMILES string of the molecule is COc1ccc(C(=O)Oc2ccc(Br)cc2/C=N\NC(=O)CCC(=O)N/N=C/c2cc(Br)ccc2OC(=O)c2ccc(OC)cc2)cc1. The summed E-state index contributed by atoms with van der Waals surface area (Å²) < 4.78 is 22.7. The number of hydrazone groups is 2. The normalized spacial score (nSPS) is 10.8. The molecule has 0 saturated carbocycles. The van der Waals surface area contributed by atoms with Crippen molar-refractivity contribution in [2.24, 2.45) is 10.2 Å². The zero-order valence-corrected chi connectivity index (χ0v) is 28.7. The highest BCUT2D eigenvalue weighted by Gasteiger charge is 2.14. The first-order valence-electron chi connectivity index (χ1n) is 14.1. The van der Waals surface area contributed by atoms with Crippen LogP contribution in [0.4, 0.5) is 0 Å². The number of halogens is 2. The number of hydrogen-bond donors (Lipinski definition) is 2. The highest BCUT2D eigenvalue weighted by molar-refractivity contribution is 9.10. The Balaban J connectivity index is 1.27. The summed E-state index contributed by atoms with van der Waals surface area (Å²) in [6.45, 7) is 0. The van der Waals surface area contributed by atoms with E-state index in [0.29, 0.717) is 42.7 Å². The number of amides is 2. The van der Waals surface area contributed by atoms with Gasteiger partial charge in [-0.2, -0.15) is 10.2 Å². The molecular formula is C34H28Br2N4O8. The van der Waals surface area contributed by atoms with Crippen molar-refractivity contribution in [3.63, 3.8) is 0 Å². The number of carbonyl (C=O) groups is 4. The van der Waals surface area contributed by atoms with Crippen LogP contribution in [0.15, 0.2) is 104 Å². The second kappa shape index (κ2) is 17.5. The Morgan fingerprint density at radius 2 is 0.979 bits per heavy atom. The molecule has 0 unspecified atom stereocenters. The monoisotopic (exact) mass is 778 g/mol. The Labute approximate surface area is 292 Å². The van der Waals surface area contributed by atoms with E-state index in [4.69, 9.17) is 18.9 Å². The zero-order chi connectivity index (χ0) is 34.5. The fourth-order valence-corrected chi connectivity index (χ4v) is 4.64. The van der Waals surface area contributed by atoms with Gasteiger partial charge < -0.3 is 18.9 Å². The van der Waals surface area contributed by atoms with Gasteiger partial charge in [0.05, 0.1) is 37.8 Å². The molecule has 0 aromatic heterocycles. The van der Waals surface area contributed by atoms with Crippen molar-refractivity contribution in [3.8, 4) is 23.0 Å². The highest BCUT2D eigenvalue weighted by atomic mass is 79.9. The number of esters is 2. The average Bonchev–Trinajstić information content (AvgIpc) is 3.09. The summed E-state index contributed by atoms with van der Waals surface area (Å²) in [6, 6.07) is 22.8. The van der Waals surface area contributed by atoms with E-state index in [0.717, 1.165) is 0 Å². The number of carbonyl (C=O) groups excluding carboxylic acids is 4. The summed E-state index contributed by atoms with van der Waals surface area (Å²) in [5.41, 5.74) is 6.17. The van der Waals surface area contributed by atoms with Crippen LogP contribution in [0.25, 0.3) is 0 Å². The Morgan fingerprint density at radius 1 is 0.604 bits per heavy atom. The molecule has 246 valence electrons. The van der Waals surface area contributed by atoms with E-state index in [2.05, 4.69) is 52.9 Å². The Bertz CT molecular complexity index is 1710. The van der Waals surface area contributed by atoms with Crippen molar-refractivity contribution < 1.29 is 38.1 Å². The first-order valence-corrected chi connectivity index (χ1v) is 15.7. The number of rotatable bonds is 13. The fourth-order valence-electron chi connectivity index (χ4n) is 3.88. The van der Waals surface area contributed by atoms with Crippen LogP contribution < -0.4 is 29.8 Å². The molecular weight excluding hydrogens is 752 g/mol. The van der Waals surface area contributed by atoms with Crippen LogP contribution in [0.1, 0.15) is 44.7 Å². The Kier molecular flexibility index (Phi) is 13.0. The molecule has 4 aromatic rings. The van der Waals surface area contributed by atoms with Crippen molar-refractivity contribution in [1.82, 2.24) is 10.9 Å². The third kappa shape index (κ3) is 10.6.